The molecule has 2 heteroatoms. The molecule has 0 spiro atoms. The van der Waals surface area contributed by atoms with Crippen molar-refractivity contribution >= 4 is 0 Å². The molecular formula is C14H20FN. The van der Waals surface area contributed by atoms with E-state index >= 15 is 0 Å². The van der Waals surface area contributed by atoms with Gasteiger partial charge in [0, 0.05) is 6.42 Å². The summed E-state index contributed by atoms with van der Waals surface area (Å²) in [6, 6.07) is 8.21. The first kappa shape index (κ1) is 11.6. The van der Waals surface area contributed by atoms with Gasteiger partial charge in [0.2, 0.25) is 0 Å². The Morgan fingerprint density at radius 1 is 1.19 bits per heavy atom. The number of hydrogen-bond acceptors (Lipinski definition) is 1. The van der Waals surface area contributed by atoms with Crippen LogP contribution in [0, 0.1) is 0 Å². The Kier molecular flexibility index (Phi) is 3.59. The minimum Gasteiger partial charge on any atom is -0.330 e. The Labute approximate surface area is 96.9 Å². The Hall–Kier alpha value is -0.890. The van der Waals surface area contributed by atoms with Gasteiger partial charge in [0.25, 0.3) is 0 Å². The minimum atomic E-state index is -0.943. The van der Waals surface area contributed by atoms with Gasteiger partial charge in [0.15, 0.2) is 0 Å². The van der Waals surface area contributed by atoms with Crippen molar-refractivity contribution in [2.24, 2.45) is 5.73 Å². The van der Waals surface area contributed by atoms with Crippen molar-refractivity contribution in [3.8, 4) is 0 Å². The molecule has 1 aliphatic carbocycles. The molecule has 0 aromatic heterocycles. The van der Waals surface area contributed by atoms with Crippen LogP contribution in [0.3, 0.4) is 0 Å². The van der Waals surface area contributed by atoms with Gasteiger partial charge in [0.1, 0.15) is 5.67 Å². The highest BCUT2D eigenvalue weighted by molar-refractivity contribution is 5.25. The standard InChI is InChI=1S/C14H20FN/c15-14(7-1-2-8-14)11-13-5-3-4-12(10-13)6-9-16/h3-5,10H,1-2,6-9,11,16H2. The van der Waals surface area contributed by atoms with Gasteiger partial charge in [-0.05, 0) is 36.9 Å². The summed E-state index contributed by atoms with van der Waals surface area (Å²) in [5.41, 5.74) is 6.93. The molecule has 0 saturated heterocycles. The van der Waals surface area contributed by atoms with Gasteiger partial charge in [0.05, 0.1) is 0 Å². The summed E-state index contributed by atoms with van der Waals surface area (Å²) in [4.78, 5) is 0. The number of halogens is 1. The van der Waals surface area contributed by atoms with Crippen LogP contribution in [0.15, 0.2) is 24.3 Å². The molecule has 0 amide bonds. The van der Waals surface area contributed by atoms with Crippen molar-refractivity contribution in [2.75, 3.05) is 6.54 Å². The van der Waals surface area contributed by atoms with Gasteiger partial charge in [-0.25, -0.2) is 4.39 Å². The number of rotatable bonds is 4. The highest BCUT2D eigenvalue weighted by atomic mass is 19.1. The summed E-state index contributed by atoms with van der Waals surface area (Å²) in [6.45, 7) is 0.657. The highest BCUT2D eigenvalue weighted by Crippen LogP contribution is 2.36. The summed E-state index contributed by atoms with van der Waals surface area (Å²) in [5.74, 6) is 0. The van der Waals surface area contributed by atoms with Crippen LogP contribution in [0.2, 0.25) is 0 Å². The second-order valence-electron chi connectivity index (χ2n) is 4.89. The smallest absolute Gasteiger partial charge is 0.115 e. The van der Waals surface area contributed by atoms with E-state index in [0.29, 0.717) is 13.0 Å². The van der Waals surface area contributed by atoms with Crippen molar-refractivity contribution in [1.29, 1.82) is 0 Å². The van der Waals surface area contributed by atoms with Crippen LogP contribution in [0.5, 0.6) is 0 Å². The summed E-state index contributed by atoms with van der Waals surface area (Å²) in [5, 5.41) is 0. The predicted molar refractivity (Wildman–Crippen MR) is 65.2 cm³/mol. The van der Waals surface area contributed by atoms with E-state index in [-0.39, 0.29) is 0 Å². The van der Waals surface area contributed by atoms with Crippen LogP contribution in [0.25, 0.3) is 0 Å². The summed E-state index contributed by atoms with van der Waals surface area (Å²) >= 11 is 0. The van der Waals surface area contributed by atoms with Crippen LogP contribution >= 0.6 is 0 Å². The normalized spacial score (nSPS) is 18.9. The lowest BCUT2D eigenvalue weighted by Crippen LogP contribution is -2.21. The average Bonchev–Trinajstić information content (AvgIpc) is 2.66. The third-order valence-electron chi connectivity index (χ3n) is 3.44. The lowest BCUT2D eigenvalue weighted by Gasteiger charge is -2.19. The first-order chi connectivity index (χ1) is 7.72. The molecule has 88 valence electrons. The fourth-order valence-corrected chi connectivity index (χ4v) is 2.61. The van der Waals surface area contributed by atoms with Crippen LogP contribution in [-0.4, -0.2) is 12.2 Å². The van der Waals surface area contributed by atoms with E-state index in [1.54, 1.807) is 0 Å². The molecule has 2 N–H and O–H groups in total. The monoisotopic (exact) mass is 221 g/mol. The number of hydrogen-bond donors (Lipinski definition) is 1. The molecule has 0 bridgehead atoms. The number of benzene rings is 1. The topological polar surface area (TPSA) is 26.0 Å². The van der Waals surface area contributed by atoms with Gasteiger partial charge in [-0.2, -0.15) is 0 Å². The third-order valence-corrected chi connectivity index (χ3v) is 3.44. The van der Waals surface area contributed by atoms with E-state index in [4.69, 9.17) is 5.73 Å². The second kappa shape index (κ2) is 4.96. The first-order valence-corrected chi connectivity index (χ1v) is 6.19. The molecule has 1 aromatic carbocycles. The molecule has 0 heterocycles. The Balaban J connectivity index is 2.05. The zero-order valence-corrected chi connectivity index (χ0v) is 9.71. The van der Waals surface area contributed by atoms with Gasteiger partial charge >= 0.3 is 0 Å². The SMILES string of the molecule is NCCc1cccc(CC2(F)CCCC2)c1. The molecule has 0 atom stereocenters. The molecular weight excluding hydrogens is 201 g/mol. The van der Waals surface area contributed by atoms with E-state index < -0.39 is 5.67 Å². The fourth-order valence-electron chi connectivity index (χ4n) is 2.61. The molecule has 1 aromatic rings. The summed E-state index contributed by atoms with van der Waals surface area (Å²) in [7, 11) is 0. The summed E-state index contributed by atoms with van der Waals surface area (Å²) in [6.07, 6.45) is 5.00. The average molecular weight is 221 g/mol. The Bertz CT molecular complexity index is 342. The molecule has 0 aliphatic heterocycles. The molecule has 2 rings (SSSR count). The molecule has 0 radical (unpaired) electrons. The van der Waals surface area contributed by atoms with Crippen molar-refractivity contribution in [3.05, 3.63) is 35.4 Å². The van der Waals surface area contributed by atoms with Gasteiger partial charge in [-0.1, -0.05) is 37.1 Å². The van der Waals surface area contributed by atoms with Gasteiger partial charge in [-0.15, -0.1) is 0 Å². The van der Waals surface area contributed by atoms with Crippen molar-refractivity contribution in [1.82, 2.24) is 0 Å². The van der Waals surface area contributed by atoms with Crippen molar-refractivity contribution < 1.29 is 4.39 Å². The zero-order chi connectivity index (χ0) is 11.4. The van der Waals surface area contributed by atoms with E-state index in [1.165, 1.54) is 5.56 Å². The number of alkyl halides is 1. The molecule has 1 nitrogen and oxygen atoms in total. The van der Waals surface area contributed by atoms with E-state index in [1.807, 2.05) is 12.1 Å². The molecule has 1 aliphatic rings. The van der Waals surface area contributed by atoms with Crippen LogP contribution in [0.4, 0.5) is 4.39 Å². The lowest BCUT2D eigenvalue weighted by atomic mass is 9.93. The Morgan fingerprint density at radius 3 is 2.56 bits per heavy atom. The molecule has 0 unspecified atom stereocenters. The minimum absolute atomic E-state index is 0.575. The zero-order valence-electron chi connectivity index (χ0n) is 9.71. The van der Waals surface area contributed by atoms with Gasteiger partial charge < -0.3 is 5.73 Å². The second-order valence-corrected chi connectivity index (χ2v) is 4.89. The lowest BCUT2D eigenvalue weighted by molar-refractivity contribution is 0.173. The predicted octanol–water partition coefficient (Wildman–Crippen LogP) is 3.01. The van der Waals surface area contributed by atoms with E-state index in [9.17, 15) is 4.39 Å². The van der Waals surface area contributed by atoms with Crippen LogP contribution < -0.4 is 5.73 Å². The maximum atomic E-state index is 14.3. The van der Waals surface area contributed by atoms with Crippen LogP contribution in [0.1, 0.15) is 36.8 Å². The Morgan fingerprint density at radius 2 is 1.88 bits per heavy atom. The van der Waals surface area contributed by atoms with Crippen molar-refractivity contribution in [2.45, 2.75) is 44.2 Å². The summed E-state index contributed by atoms with van der Waals surface area (Å²) < 4.78 is 14.3. The van der Waals surface area contributed by atoms with Crippen molar-refractivity contribution in [3.63, 3.8) is 0 Å². The van der Waals surface area contributed by atoms with Crippen LogP contribution in [-0.2, 0) is 12.8 Å². The molecule has 16 heavy (non-hydrogen) atoms. The third kappa shape index (κ3) is 2.82. The highest BCUT2D eigenvalue weighted by Gasteiger charge is 2.33. The van der Waals surface area contributed by atoms with E-state index in [2.05, 4.69) is 12.1 Å². The maximum absolute atomic E-state index is 14.3. The quantitative estimate of drug-likeness (QED) is 0.831. The fraction of sp³-hybridized carbons (Fsp3) is 0.571. The molecule has 1 saturated carbocycles. The first-order valence-electron chi connectivity index (χ1n) is 6.19. The van der Waals surface area contributed by atoms with E-state index in [0.717, 1.165) is 37.7 Å². The molecule has 1 fully saturated rings. The number of nitrogens with two attached hydrogens (primary N) is 1. The maximum Gasteiger partial charge on any atom is 0.115 e. The largest absolute Gasteiger partial charge is 0.330 e. The van der Waals surface area contributed by atoms with Gasteiger partial charge in [-0.3, -0.25) is 0 Å².